The number of nitrogens with two attached hydrogens (primary N) is 1. The first kappa shape index (κ1) is 14.9. The summed E-state index contributed by atoms with van der Waals surface area (Å²) in [6, 6.07) is 0.330. The van der Waals surface area contributed by atoms with Gasteiger partial charge in [0, 0.05) is 7.11 Å². The van der Waals surface area contributed by atoms with E-state index >= 15 is 0 Å². The molecule has 0 bridgehead atoms. The van der Waals surface area contributed by atoms with Crippen molar-refractivity contribution < 1.29 is 4.74 Å². The smallest absolute Gasteiger partial charge is 0.0844 e. The second-order valence-corrected chi connectivity index (χ2v) is 5.40. The normalized spacial score (nSPS) is 20.6. The van der Waals surface area contributed by atoms with E-state index in [-0.39, 0.29) is 5.60 Å². The molecular formula is C14H30N2O. The van der Waals surface area contributed by atoms with Crippen molar-refractivity contribution in [2.75, 3.05) is 7.11 Å². The maximum atomic E-state index is 5.79. The first-order chi connectivity index (χ1) is 8.29. The molecule has 1 atom stereocenters. The minimum absolute atomic E-state index is 0.0134. The molecular weight excluding hydrogens is 212 g/mol. The number of rotatable bonds is 9. The van der Waals surface area contributed by atoms with Crippen LogP contribution < -0.4 is 11.3 Å². The summed E-state index contributed by atoms with van der Waals surface area (Å²) in [5.41, 5.74) is 3.02. The molecule has 0 aromatic heterocycles. The summed E-state index contributed by atoms with van der Waals surface area (Å²) in [7, 11) is 1.84. The Morgan fingerprint density at radius 2 is 1.82 bits per heavy atom. The van der Waals surface area contributed by atoms with Gasteiger partial charge < -0.3 is 4.74 Å². The second kappa shape index (κ2) is 8.06. The lowest BCUT2D eigenvalue weighted by atomic mass is 9.88. The van der Waals surface area contributed by atoms with Crippen LogP contribution in [0.15, 0.2) is 0 Å². The van der Waals surface area contributed by atoms with E-state index in [1.807, 2.05) is 7.11 Å². The molecule has 0 spiro atoms. The van der Waals surface area contributed by atoms with Crippen molar-refractivity contribution in [3.8, 4) is 0 Å². The predicted octanol–water partition coefficient (Wildman–Crippen LogP) is 3.14. The van der Waals surface area contributed by atoms with Crippen LogP contribution in [0.5, 0.6) is 0 Å². The van der Waals surface area contributed by atoms with Gasteiger partial charge in [0.15, 0.2) is 0 Å². The second-order valence-electron chi connectivity index (χ2n) is 5.40. The molecule has 0 radical (unpaired) electrons. The lowest BCUT2D eigenvalue weighted by molar-refractivity contribution is -0.0384. The zero-order chi connectivity index (χ0) is 12.6. The molecule has 3 N–H and O–H groups in total. The molecule has 1 saturated carbocycles. The summed E-state index contributed by atoms with van der Waals surface area (Å²) in [4.78, 5) is 0. The van der Waals surface area contributed by atoms with E-state index < -0.39 is 0 Å². The summed E-state index contributed by atoms with van der Waals surface area (Å²) < 4.78 is 5.79. The van der Waals surface area contributed by atoms with Crippen LogP contribution in [0.1, 0.15) is 71.1 Å². The highest BCUT2D eigenvalue weighted by Gasteiger charge is 2.40. The molecule has 1 aliphatic rings. The molecule has 1 fully saturated rings. The number of hydrogen-bond acceptors (Lipinski definition) is 3. The van der Waals surface area contributed by atoms with E-state index in [1.165, 1.54) is 44.9 Å². The molecule has 3 heteroatoms. The lowest BCUT2D eigenvalue weighted by Gasteiger charge is -2.36. The van der Waals surface area contributed by atoms with Crippen LogP contribution in [0, 0.1) is 0 Å². The molecule has 1 aliphatic carbocycles. The molecule has 17 heavy (non-hydrogen) atoms. The van der Waals surface area contributed by atoms with Crippen molar-refractivity contribution >= 4 is 0 Å². The Morgan fingerprint density at radius 1 is 1.18 bits per heavy atom. The summed E-state index contributed by atoms with van der Waals surface area (Å²) in [5.74, 6) is 5.72. The van der Waals surface area contributed by atoms with Gasteiger partial charge in [0.05, 0.1) is 11.6 Å². The Hall–Kier alpha value is -0.120. The maximum absolute atomic E-state index is 5.79. The van der Waals surface area contributed by atoms with Crippen LogP contribution in [0.25, 0.3) is 0 Å². The van der Waals surface area contributed by atoms with Crippen LogP contribution in [0.2, 0.25) is 0 Å². The van der Waals surface area contributed by atoms with E-state index in [0.29, 0.717) is 6.04 Å². The molecule has 0 aliphatic heterocycles. The fraction of sp³-hybridized carbons (Fsp3) is 1.00. The molecule has 0 heterocycles. The zero-order valence-electron chi connectivity index (χ0n) is 11.6. The average Bonchev–Trinajstić information content (AvgIpc) is 2.83. The molecule has 1 rings (SSSR count). The third-order valence-electron chi connectivity index (χ3n) is 4.29. The quantitative estimate of drug-likeness (QED) is 0.371. The third kappa shape index (κ3) is 4.23. The van der Waals surface area contributed by atoms with Crippen LogP contribution in [-0.4, -0.2) is 18.8 Å². The third-order valence-corrected chi connectivity index (χ3v) is 4.29. The van der Waals surface area contributed by atoms with Crippen molar-refractivity contribution in [1.29, 1.82) is 0 Å². The van der Waals surface area contributed by atoms with Crippen molar-refractivity contribution in [1.82, 2.24) is 5.43 Å². The molecule has 0 saturated heterocycles. The molecule has 0 aromatic carbocycles. The van der Waals surface area contributed by atoms with Gasteiger partial charge in [0.25, 0.3) is 0 Å². The summed E-state index contributed by atoms with van der Waals surface area (Å²) in [5, 5.41) is 0. The van der Waals surface area contributed by atoms with E-state index in [4.69, 9.17) is 10.6 Å². The van der Waals surface area contributed by atoms with Crippen molar-refractivity contribution in [3.63, 3.8) is 0 Å². The van der Waals surface area contributed by atoms with Crippen LogP contribution in [-0.2, 0) is 4.74 Å². The standard InChI is InChI=1S/C14H30N2O/c1-3-4-5-6-7-10-13(16-15)14(17-2)11-8-9-12-14/h13,16H,3-12,15H2,1-2H3. The van der Waals surface area contributed by atoms with Gasteiger partial charge in [-0.2, -0.15) is 0 Å². The number of ether oxygens (including phenoxy) is 1. The Morgan fingerprint density at radius 3 is 2.35 bits per heavy atom. The molecule has 0 amide bonds. The Bertz CT molecular complexity index is 191. The van der Waals surface area contributed by atoms with Crippen LogP contribution >= 0.6 is 0 Å². The number of methoxy groups -OCH3 is 1. The fourth-order valence-corrected chi connectivity index (χ4v) is 3.12. The van der Waals surface area contributed by atoms with Gasteiger partial charge in [0.1, 0.15) is 0 Å². The van der Waals surface area contributed by atoms with E-state index in [1.54, 1.807) is 0 Å². The highest BCUT2D eigenvalue weighted by atomic mass is 16.5. The molecule has 3 nitrogen and oxygen atoms in total. The van der Waals surface area contributed by atoms with Gasteiger partial charge in [0.2, 0.25) is 0 Å². The topological polar surface area (TPSA) is 47.3 Å². The van der Waals surface area contributed by atoms with Crippen molar-refractivity contribution in [2.45, 2.75) is 82.8 Å². The average molecular weight is 242 g/mol. The Kier molecular flexibility index (Phi) is 7.09. The van der Waals surface area contributed by atoms with Gasteiger partial charge in [-0.1, -0.05) is 51.9 Å². The van der Waals surface area contributed by atoms with Crippen molar-refractivity contribution in [3.05, 3.63) is 0 Å². The first-order valence-electron chi connectivity index (χ1n) is 7.30. The predicted molar refractivity (Wildman–Crippen MR) is 72.7 cm³/mol. The van der Waals surface area contributed by atoms with E-state index in [0.717, 1.165) is 19.3 Å². The number of unbranched alkanes of at least 4 members (excludes halogenated alkanes) is 4. The van der Waals surface area contributed by atoms with Gasteiger partial charge in [-0.3, -0.25) is 11.3 Å². The Balaban J connectivity index is 2.31. The number of hydrogen-bond donors (Lipinski definition) is 2. The van der Waals surface area contributed by atoms with Gasteiger partial charge in [-0.15, -0.1) is 0 Å². The number of nitrogens with one attached hydrogen (secondary N) is 1. The minimum atomic E-state index is 0.0134. The molecule has 1 unspecified atom stereocenters. The van der Waals surface area contributed by atoms with Gasteiger partial charge in [-0.25, -0.2) is 0 Å². The lowest BCUT2D eigenvalue weighted by Crippen LogP contribution is -2.53. The minimum Gasteiger partial charge on any atom is -0.377 e. The van der Waals surface area contributed by atoms with Crippen molar-refractivity contribution in [2.24, 2.45) is 5.84 Å². The zero-order valence-corrected chi connectivity index (χ0v) is 11.6. The molecule has 102 valence electrons. The summed E-state index contributed by atoms with van der Waals surface area (Å²) in [6.45, 7) is 2.25. The van der Waals surface area contributed by atoms with Crippen LogP contribution in [0.4, 0.5) is 0 Å². The van der Waals surface area contributed by atoms with E-state index in [9.17, 15) is 0 Å². The summed E-state index contributed by atoms with van der Waals surface area (Å²) >= 11 is 0. The monoisotopic (exact) mass is 242 g/mol. The van der Waals surface area contributed by atoms with Crippen LogP contribution in [0.3, 0.4) is 0 Å². The number of hydrazine groups is 1. The van der Waals surface area contributed by atoms with E-state index in [2.05, 4.69) is 12.3 Å². The largest absolute Gasteiger partial charge is 0.377 e. The first-order valence-corrected chi connectivity index (χ1v) is 7.30. The SMILES string of the molecule is CCCCCCCC(NN)C1(OC)CCCC1. The Labute approximate surface area is 106 Å². The highest BCUT2D eigenvalue weighted by Crippen LogP contribution is 2.37. The molecule has 0 aromatic rings. The highest BCUT2D eigenvalue weighted by molar-refractivity contribution is 4.95. The fourth-order valence-electron chi connectivity index (χ4n) is 3.12. The summed E-state index contributed by atoms with van der Waals surface area (Å²) in [6.07, 6.45) is 12.6. The maximum Gasteiger partial charge on any atom is 0.0844 e. The van der Waals surface area contributed by atoms with Gasteiger partial charge >= 0.3 is 0 Å². The van der Waals surface area contributed by atoms with Gasteiger partial charge in [-0.05, 0) is 19.3 Å².